The molecule has 1 amide bonds. The maximum Gasteiger partial charge on any atom is 0.322 e. The van der Waals surface area contributed by atoms with Crippen molar-refractivity contribution < 1.29 is 22.4 Å². The molecule has 0 saturated carbocycles. The van der Waals surface area contributed by atoms with Gasteiger partial charge in [-0.15, -0.1) is 5.10 Å². The monoisotopic (exact) mass is 408 g/mol. The number of hydrogen-bond acceptors (Lipinski definition) is 7. The molecule has 3 rings (SSSR count). The van der Waals surface area contributed by atoms with Crippen LogP contribution >= 0.6 is 0 Å². The Morgan fingerprint density at radius 3 is 2.50 bits per heavy atom. The average Bonchev–Trinajstić information content (AvgIpc) is 3.17. The van der Waals surface area contributed by atoms with Gasteiger partial charge in [0.2, 0.25) is 21.8 Å². The van der Waals surface area contributed by atoms with Crippen LogP contribution in [0.5, 0.6) is 5.75 Å². The van der Waals surface area contributed by atoms with Crippen LogP contribution in [0, 0.1) is 5.92 Å². The molecule has 1 aliphatic heterocycles. The van der Waals surface area contributed by atoms with Crippen LogP contribution in [0.3, 0.4) is 0 Å². The Bertz CT molecular complexity index is 902. The van der Waals surface area contributed by atoms with Crippen molar-refractivity contribution in [3.8, 4) is 17.2 Å². The van der Waals surface area contributed by atoms with E-state index in [0.29, 0.717) is 38.4 Å². The summed E-state index contributed by atoms with van der Waals surface area (Å²) in [5.74, 6) is 0.581. The highest BCUT2D eigenvalue weighted by Gasteiger charge is 2.30. The highest BCUT2D eigenvalue weighted by Crippen LogP contribution is 2.24. The van der Waals surface area contributed by atoms with E-state index in [2.05, 4.69) is 15.5 Å². The molecule has 1 saturated heterocycles. The van der Waals surface area contributed by atoms with Crippen molar-refractivity contribution in [3.63, 3.8) is 0 Å². The topological polar surface area (TPSA) is 115 Å². The number of piperidine rings is 1. The van der Waals surface area contributed by atoms with Gasteiger partial charge >= 0.3 is 6.01 Å². The van der Waals surface area contributed by atoms with Crippen LogP contribution < -0.4 is 10.1 Å². The van der Waals surface area contributed by atoms with Gasteiger partial charge in [0.05, 0.1) is 12.4 Å². The number of carbonyl (C=O) groups is 1. The highest BCUT2D eigenvalue weighted by molar-refractivity contribution is 7.89. The number of carbonyl (C=O) groups excluding carboxylic acids is 1. The maximum atomic E-state index is 12.4. The van der Waals surface area contributed by atoms with Gasteiger partial charge in [-0.2, -0.15) is 0 Å². The molecule has 0 aliphatic carbocycles. The molecule has 10 heteroatoms. The molecule has 2 heterocycles. The van der Waals surface area contributed by atoms with Gasteiger partial charge in [0, 0.05) is 24.6 Å². The SMILES string of the molecule is CCOc1ccc(-c2nnc(NC(=O)C3CCN(S(=O)(=O)CC)CC3)o2)cc1. The van der Waals surface area contributed by atoms with Gasteiger partial charge in [-0.25, -0.2) is 12.7 Å². The zero-order valence-corrected chi connectivity index (χ0v) is 16.7. The standard InChI is InChI=1S/C18H24N4O5S/c1-3-26-15-7-5-14(6-8-15)17-20-21-18(27-17)19-16(23)13-9-11-22(12-10-13)28(24,25)4-2/h5-8,13H,3-4,9-12H2,1-2H3,(H,19,21,23). The number of nitrogens with one attached hydrogen (secondary N) is 1. The lowest BCUT2D eigenvalue weighted by Gasteiger charge is -2.29. The second-order valence-corrected chi connectivity index (χ2v) is 8.69. The molecule has 1 aromatic carbocycles. The molecule has 0 unspecified atom stereocenters. The normalized spacial score (nSPS) is 16.1. The minimum atomic E-state index is -3.21. The Hall–Kier alpha value is -2.46. The molecule has 9 nitrogen and oxygen atoms in total. The quantitative estimate of drug-likeness (QED) is 0.746. The second-order valence-electron chi connectivity index (χ2n) is 6.43. The number of sulfonamides is 1. The van der Waals surface area contributed by atoms with E-state index in [-0.39, 0.29) is 23.6 Å². The average molecular weight is 408 g/mol. The first kappa shape index (κ1) is 20.3. The minimum Gasteiger partial charge on any atom is -0.494 e. The number of ether oxygens (including phenoxy) is 1. The van der Waals surface area contributed by atoms with Crippen LogP contribution in [0.4, 0.5) is 6.01 Å². The van der Waals surface area contributed by atoms with Crippen molar-refractivity contribution in [1.29, 1.82) is 0 Å². The molecule has 0 spiro atoms. The number of hydrogen-bond donors (Lipinski definition) is 1. The van der Waals surface area contributed by atoms with E-state index in [1.807, 2.05) is 6.92 Å². The van der Waals surface area contributed by atoms with Crippen molar-refractivity contribution in [1.82, 2.24) is 14.5 Å². The molecule has 152 valence electrons. The van der Waals surface area contributed by atoms with Crippen molar-refractivity contribution in [3.05, 3.63) is 24.3 Å². The summed E-state index contributed by atoms with van der Waals surface area (Å²) in [6, 6.07) is 7.23. The van der Waals surface area contributed by atoms with E-state index in [9.17, 15) is 13.2 Å². The molecular weight excluding hydrogens is 384 g/mol. The molecule has 1 aromatic heterocycles. The summed E-state index contributed by atoms with van der Waals surface area (Å²) in [6.07, 6.45) is 0.926. The predicted octanol–water partition coefficient (Wildman–Crippen LogP) is 2.14. The number of rotatable bonds is 7. The summed E-state index contributed by atoms with van der Waals surface area (Å²) < 4.78 is 36.2. The number of anilines is 1. The summed E-state index contributed by atoms with van der Waals surface area (Å²) in [7, 11) is -3.21. The Balaban J connectivity index is 1.57. The fourth-order valence-electron chi connectivity index (χ4n) is 3.04. The van der Waals surface area contributed by atoms with Crippen LogP contribution in [0.25, 0.3) is 11.5 Å². The van der Waals surface area contributed by atoms with Crippen LogP contribution in [-0.4, -0.2) is 54.3 Å². The molecule has 28 heavy (non-hydrogen) atoms. The summed E-state index contributed by atoms with van der Waals surface area (Å²) in [6.45, 7) is 4.80. The maximum absolute atomic E-state index is 12.4. The molecule has 0 radical (unpaired) electrons. The van der Waals surface area contributed by atoms with Gasteiger partial charge in [-0.05, 0) is 51.0 Å². The molecule has 1 N–H and O–H groups in total. The number of nitrogens with zero attached hydrogens (tertiary/aromatic N) is 3. The van der Waals surface area contributed by atoms with Gasteiger partial charge in [-0.1, -0.05) is 5.10 Å². The summed E-state index contributed by atoms with van der Waals surface area (Å²) in [5.41, 5.74) is 0.717. The van der Waals surface area contributed by atoms with E-state index in [1.165, 1.54) is 4.31 Å². The smallest absolute Gasteiger partial charge is 0.322 e. The predicted molar refractivity (Wildman–Crippen MR) is 103 cm³/mol. The molecular formula is C18H24N4O5S. The largest absolute Gasteiger partial charge is 0.494 e. The third kappa shape index (κ3) is 4.68. The first-order chi connectivity index (χ1) is 13.4. The van der Waals surface area contributed by atoms with E-state index < -0.39 is 10.0 Å². The third-order valence-electron chi connectivity index (χ3n) is 4.65. The van der Waals surface area contributed by atoms with Crippen molar-refractivity contribution in [2.24, 2.45) is 5.92 Å². The lowest BCUT2D eigenvalue weighted by molar-refractivity contribution is -0.121. The Kier molecular flexibility index (Phi) is 6.30. The van der Waals surface area contributed by atoms with Crippen LogP contribution in [0.1, 0.15) is 26.7 Å². The summed E-state index contributed by atoms with van der Waals surface area (Å²) >= 11 is 0. The molecule has 1 aliphatic rings. The van der Waals surface area contributed by atoms with Gasteiger partial charge < -0.3 is 9.15 Å². The fraction of sp³-hybridized carbons (Fsp3) is 0.500. The van der Waals surface area contributed by atoms with Crippen LogP contribution in [-0.2, 0) is 14.8 Å². The van der Waals surface area contributed by atoms with Gasteiger partial charge in [-0.3, -0.25) is 10.1 Å². The minimum absolute atomic E-state index is 0.0255. The van der Waals surface area contributed by atoms with Gasteiger partial charge in [0.1, 0.15) is 5.75 Å². The van der Waals surface area contributed by atoms with E-state index in [0.717, 1.165) is 11.3 Å². The summed E-state index contributed by atoms with van der Waals surface area (Å²) in [5, 5.41) is 10.5. The highest BCUT2D eigenvalue weighted by atomic mass is 32.2. The fourth-order valence-corrected chi connectivity index (χ4v) is 4.17. The first-order valence-electron chi connectivity index (χ1n) is 9.28. The van der Waals surface area contributed by atoms with E-state index >= 15 is 0 Å². The third-order valence-corrected chi connectivity index (χ3v) is 6.53. The van der Waals surface area contributed by atoms with E-state index in [4.69, 9.17) is 9.15 Å². The van der Waals surface area contributed by atoms with Gasteiger partial charge in [0.15, 0.2) is 0 Å². The number of amides is 1. The first-order valence-corrected chi connectivity index (χ1v) is 10.9. The van der Waals surface area contributed by atoms with Crippen LogP contribution in [0.15, 0.2) is 28.7 Å². The molecule has 0 atom stereocenters. The zero-order valence-electron chi connectivity index (χ0n) is 15.9. The van der Waals surface area contributed by atoms with Gasteiger partial charge in [0.25, 0.3) is 0 Å². The van der Waals surface area contributed by atoms with Crippen LogP contribution in [0.2, 0.25) is 0 Å². The lowest BCUT2D eigenvalue weighted by atomic mass is 9.97. The van der Waals surface area contributed by atoms with Crippen molar-refractivity contribution in [2.75, 3.05) is 30.8 Å². The van der Waals surface area contributed by atoms with E-state index in [1.54, 1.807) is 31.2 Å². The molecule has 2 aromatic rings. The second kappa shape index (κ2) is 8.70. The Morgan fingerprint density at radius 1 is 1.21 bits per heavy atom. The number of benzene rings is 1. The molecule has 0 bridgehead atoms. The lowest BCUT2D eigenvalue weighted by Crippen LogP contribution is -2.42. The van der Waals surface area contributed by atoms with Crippen molar-refractivity contribution >= 4 is 21.9 Å². The zero-order chi connectivity index (χ0) is 20.1. The Labute approximate surface area is 164 Å². The Morgan fingerprint density at radius 2 is 1.89 bits per heavy atom. The van der Waals surface area contributed by atoms with Crippen molar-refractivity contribution in [2.45, 2.75) is 26.7 Å². The molecule has 1 fully saturated rings. The number of aromatic nitrogens is 2. The summed E-state index contributed by atoms with van der Waals surface area (Å²) in [4.78, 5) is 12.4.